The lowest BCUT2D eigenvalue weighted by Crippen LogP contribution is -2.15. The van der Waals surface area contributed by atoms with Gasteiger partial charge in [0, 0.05) is 6.08 Å². The molecule has 0 saturated heterocycles. The number of hydrogen-bond acceptors (Lipinski definition) is 2. The van der Waals surface area contributed by atoms with Crippen LogP contribution in [0.2, 0.25) is 0 Å². The van der Waals surface area contributed by atoms with Crippen LogP contribution in [-0.4, -0.2) is 12.1 Å². The zero-order valence-electron chi connectivity index (χ0n) is 7.01. The second-order valence-electron chi connectivity index (χ2n) is 2.34. The molecule has 0 aliphatic heterocycles. The molecule has 1 unspecified atom stereocenters. The van der Waals surface area contributed by atoms with E-state index in [1.807, 2.05) is 6.92 Å². The first-order valence-corrected chi connectivity index (χ1v) is 3.86. The van der Waals surface area contributed by atoms with Gasteiger partial charge in [0.15, 0.2) is 0 Å². The van der Waals surface area contributed by atoms with Gasteiger partial charge in [0.25, 0.3) is 0 Å². The number of carbonyl (C=O) groups excluding carboxylic acids is 1. The van der Waals surface area contributed by atoms with E-state index in [0.717, 1.165) is 12.8 Å². The first kappa shape index (κ1) is 10.2. The molecule has 0 rings (SSSR count). The van der Waals surface area contributed by atoms with Gasteiger partial charge >= 0.3 is 5.97 Å². The summed E-state index contributed by atoms with van der Waals surface area (Å²) >= 11 is 0. The van der Waals surface area contributed by atoms with Crippen LogP contribution in [0.25, 0.3) is 0 Å². The molecule has 1 atom stereocenters. The quantitative estimate of drug-likeness (QED) is 0.449. The van der Waals surface area contributed by atoms with Gasteiger partial charge in [-0.25, -0.2) is 4.79 Å². The van der Waals surface area contributed by atoms with Crippen LogP contribution in [-0.2, 0) is 9.53 Å². The first-order valence-electron chi connectivity index (χ1n) is 3.86. The predicted octanol–water partition coefficient (Wildman–Crippen LogP) is 2.11. The van der Waals surface area contributed by atoms with Crippen molar-refractivity contribution in [3.8, 4) is 0 Å². The molecule has 0 saturated carbocycles. The van der Waals surface area contributed by atoms with Crippen LogP contribution in [0.1, 0.15) is 26.2 Å². The van der Waals surface area contributed by atoms with Crippen LogP contribution in [0.4, 0.5) is 0 Å². The number of ether oxygens (including phenoxy) is 1. The summed E-state index contributed by atoms with van der Waals surface area (Å²) in [5.74, 6) is -0.355. The Kier molecular flexibility index (Phi) is 5.53. The van der Waals surface area contributed by atoms with Crippen molar-refractivity contribution in [3.05, 3.63) is 19.6 Å². The summed E-state index contributed by atoms with van der Waals surface area (Å²) < 4.78 is 4.97. The number of carbonyl (C=O) groups is 1. The molecule has 11 heavy (non-hydrogen) atoms. The molecule has 0 aromatic heterocycles. The van der Waals surface area contributed by atoms with E-state index in [2.05, 4.69) is 13.5 Å². The molecule has 0 aliphatic carbocycles. The van der Waals surface area contributed by atoms with Gasteiger partial charge in [0.1, 0.15) is 6.10 Å². The Hall–Kier alpha value is -0.790. The molecular weight excluding hydrogens is 140 g/mol. The lowest BCUT2D eigenvalue weighted by Gasteiger charge is -2.12. The Labute approximate surface area is 68.2 Å². The van der Waals surface area contributed by atoms with Crippen molar-refractivity contribution in [1.29, 1.82) is 0 Å². The van der Waals surface area contributed by atoms with Crippen molar-refractivity contribution >= 4 is 5.97 Å². The second-order valence-corrected chi connectivity index (χ2v) is 2.34. The fourth-order valence-corrected chi connectivity index (χ4v) is 0.797. The molecule has 0 aromatic carbocycles. The van der Waals surface area contributed by atoms with Crippen molar-refractivity contribution in [1.82, 2.24) is 0 Å². The van der Waals surface area contributed by atoms with Crippen molar-refractivity contribution < 1.29 is 9.53 Å². The first-order chi connectivity index (χ1) is 5.24. The Morgan fingerprint density at radius 2 is 2.36 bits per heavy atom. The van der Waals surface area contributed by atoms with Crippen LogP contribution in [0.15, 0.2) is 12.7 Å². The number of rotatable bonds is 5. The monoisotopic (exact) mass is 155 g/mol. The van der Waals surface area contributed by atoms with Crippen LogP contribution < -0.4 is 0 Å². The lowest BCUT2D eigenvalue weighted by atomic mass is 10.2. The lowest BCUT2D eigenvalue weighted by molar-refractivity contribution is -0.143. The molecule has 2 nitrogen and oxygen atoms in total. The van der Waals surface area contributed by atoms with Gasteiger partial charge in [-0.05, 0) is 19.8 Å². The molecule has 63 valence electrons. The minimum atomic E-state index is -0.355. The van der Waals surface area contributed by atoms with Crippen molar-refractivity contribution in [3.63, 3.8) is 0 Å². The van der Waals surface area contributed by atoms with E-state index in [4.69, 9.17) is 4.74 Å². The molecule has 1 radical (unpaired) electrons. The second kappa shape index (κ2) is 5.96. The van der Waals surface area contributed by atoms with Gasteiger partial charge in [-0.3, -0.25) is 0 Å². The van der Waals surface area contributed by atoms with E-state index >= 15 is 0 Å². The summed E-state index contributed by atoms with van der Waals surface area (Å²) in [6, 6.07) is 0. The summed E-state index contributed by atoms with van der Waals surface area (Å²) in [6.07, 6.45) is 3.66. The highest BCUT2D eigenvalue weighted by Crippen LogP contribution is 2.05. The highest BCUT2D eigenvalue weighted by atomic mass is 16.5. The maximum atomic E-state index is 10.7. The van der Waals surface area contributed by atoms with Crippen molar-refractivity contribution in [2.45, 2.75) is 32.3 Å². The Bertz CT molecular complexity index is 130. The molecule has 0 spiro atoms. The molecule has 0 aromatic rings. The van der Waals surface area contributed by atoms with Crippen LogP contribution in [0.3, 0.4) is 0 Å². The zero-order chi connectivity index (χ0) is 8.69. The average Bonchev–Trinajstić information content (AvgIpc) is 2.03. The highest BCUT2D eigenvalue weighted by molar-refractivity contribution is 5.81. The summed E-state index contributed by atoms with van der Waals surface area (Å²) in [6.45, 7) is 9.04. The van der Waals surface area contributed by atoms with Crippen molar-refractivity contribution in [2.24, 2.45) is 0 Å². The van der Waals surface area contributed by atoms with E-state index < -0.39 is 0 Å². The van der Waals surface area contributed by atoms with Crippen LogP contribution in [0.5, 0.6) is 0 Å². The van der Waals surface area contributed by atoms with Gasteiger partial charge in [-0.15, -0.1) is 0 Å². The van der Waals surface area contributed by atoms with Crippen molar-refractivity contribution in [2.75, 3.05) is 0 Å². The molecular formula is C9H15O2. The molecule has 0 heterocycles. The number of hydrogen-bond donors (Lipinski definition) is 0. The Morgan fingerprint density at radius 1 is 1.73 bits per heavy atom. The molecule has 0 N–H and O–H groups in total. The van der Waals surface area contributed by atoms with Crippen LogP contribution in [0, 0.1) is 6.92 Å². The Balaban J connectivity index is 3.67. The standard InChI is InChI=1S/C9H15O2/c1-4-7-8(5-2)11-9(10)6-3/h6,8H,2-5,7H2,1H3. The van der Waals surface area contributed by atoms with E-state index in [1.54, 1.807) is 0 Å². The summed E-state index contributed by atoms with van der Waals surface area (Å²) in [4.78, 5) is 10.7. The summed E-state index contributed by atoms with van der Waals surface area (Å²) in [5.41, 5.74) is 0. The van der Waals surface area contributed by atoms with E-state index in [1.165, 1.54) is 6.08 Å². The third-order valence-corrected chi connectivity index (χ3v) is 1.38. The summed E-state index contributed by atoms with van der Waals surface area (Å²) in [7, 11) is 0. The molecule has 0 fully saturated rings. The van der Waals surface area contributed by atoms with E-state index in [9.17, 15) is 4.79 Å². The third-order valence-electron chi connectivity index (χ3n) is 1.38. The van der Waals surface area contributed by atoms with Gasteiger partial charge < -0.3 is 4.74 Å². The molecule has 2 heteroatoms. The average molecular weight is 155 g/mol. The third kappa shape index (κ3) is 4.59. The minimum Gasteiger partial charge on any atom is -0.459 e. The molecule has 0 bridgehead atoms. The normalized spacial score (nSPS) is 12.2. The van der Waals surface area contributed by atoms with E-state index in [-0.39, 0.29) is 12.1 Å². The smallest absolute Gasteiger partial charge is 0.330 e. The highest BCUT2D eigenvalue weighted by Gasteiger charge is 2.07. The maximum absolute atomic E-state index is 10.7. The maximum Gasteiger partial charge on any atom is 0.330 e. The van der Waals surface area contributed by atoms with Gasteiger partial charge in [-0.1, -0.05) is 19.9 Å². The topological polar surface area (TPSA) is 26.3 Å². The van der Waals surface area contributed by atoms with Gasteiger partial charge in [0.2, 0.25) is 0 Å². The minimum absolute atomic E-state index is 0.0366. The molecule has 0 aliphatic rings. The Morgan fingerprint density at radius 3 is 2.73 bits per heavy atom. The van der Waals surface area contributed by atoms with E-state index in [0.29, 0.717) is 6.42 Å². The fraction of sp³-hybridized carbons (Fsp3) is 0.556. The zero-order valence-corrected chi connectivity index (χ0v) is 7.01. The SMILES string of the molecule is [CH2]CC(CCC)OC(=O)C=C. The fourth-order valence-electron chi connectivity index (χ4n) is 0.797. The summed E-state index contributed by atoms with van der Waals surface area (Å²) in [5, 5.41) is 0. The largest absolute Gasteiger partial charge is 0.459 e. The van der Waals surface area contributed by atoms with Gasteiger partial charge in [-0.2, -0.15) is 0 Å². The predicted molar refractivity (Wildman–Crippen MR) is 45.0 cm³/mol. The molecule has 0 amide bonds. The van der Waals surface area contributed by atoms with Crippen LogP contribution >= 0.6 is 0 Å². The number of esters is 1. The van der Waals surface area contributed by atoms with Gasteiger partial charge in [0.05, 0.1) is 0 Å².